The Morgan fingerprint density at radius 1 is 1.17 bits per heavy atom. The Balaban J connectivity index is 1.78. The van der Waals surface area contributed by atoms with Crippen molar-refractivity contribution in [3.05, 3.63) is 75.8 Å². The molecule has 6 heteroatoms. The maximum atomic E-state index is 5.94. The van der Waals surface area contributed by atoms with E-state index in [2.05, 4.69) is 46.5 Å². The van der Waals surface area contributed by atoms with Gasteiger partial charge in [0.2, 0.25) is 4.77 Å². The van der Waals surface area contributed by atoms with Gasteiger partial charge in [-0.25, -0.2) is 0 Å². The number of rotatable bonds is 5. The Labute approximate surface area is 145 Å². The highest BCUT2D eigenvalue weighted by Crippen LogP contribution is 2.18. The van der Waals surface area contributed by atoms with Gasteiger partial charge in [-0.1, -0.05) is 42.0 Å². The maximum absolute atomic E-state index is 5.94. The fourth-order valence-corrected chi connectivity index (χ4v) is 2.42. The molecule has 24 heavy (non-hydrogen) atoms. The minimum Gasteiger partial charge on any atom is -0.488 e. The molecule has 0 amide bonds. The lowest BCUT2D eigenvalue weighted by Crippen LogP contribution is -1.99. The number of hydrogen-bond acceptors (Lipinski definition) is 4. The van der Waals surface area contributed by atoms with Crippen molar-refractivity contribution in [3.63, 3.8) is 0 Å². The van der Waals surface area contributed by atoms with Crippen LogP contribution in [0.15, 0.2) is 53.6 Å². The van der Waals surface area contributed by atoms with Gasteiger partial charge in [0.05, 0.1) is 6.21 Å². The van der Waals surface area contributed by atoms with Crippen molar-refractivity contribution in [1.82, 2.24) is 14.9 Å². The van der Waals surface area contributed by atoms with Crippen LogP contribution >= 0.6 is 12.2 Å². The Morgan fingerprint density at radius 3 is 2.62 bits per heavy atom. The Morgan fingerprint density at radius 2 is 1.92 bits per heavy atom. The van der Waals surface area contributed by atoms with Gasteiger partial charge in [0.25, 0.3) is 0 Å². The second-order valence-electron chi connectivity index (χ2n) is 5.44. The molecule has 2 aromatic carbocycles. The minimum absolute atomic E-state index is 0.460. The summed E-state index contributed by atoms with van der Waals surface area (Å²) in [5.74, 6) is 1.48. The van der Waals surface area contributed by atoms with E-state index in [1.807, 2.05) is 31.2 Å². The number of aryl methyl sites for hydroxylation is 2. The van der Waals surface area contributed by atoms with Gasteiger partial charge in [0.15, 0.2) is 0 Å². The third kappa shape index (κ3) is 3.78. The molecule has 0 spiro atoms. The van der Waals surface area contributed by atoms with Gasteiger partial charge >= 0.3 is 0 Å². The molecule has 0 fully saturated rings. The van der Waals surface area contributed by atoms with Crippen LogP contribution in [0.2, 0.25) is 0 Å². The molecule has 0 unspecified atom stereocenters. The maximum Gasteiger partial charge on any atom is 0.216 e. The molecule has 0 radical (unpaired) electrons. The first-order valence-electron chi connectivity index (χ1n) is 7.59. The average Bonchev–Trinajstić information content (AvgIpc) is 2.91. The van der Waals surface area contributed by atoms with Crippen LogP contribution in [-0.4, -0.2) is 21.1 Å². The molecule has 0 saturated carbocycles. The lowest BCUT2D eigenvalue weighted by atomic mass is 10.1. The molecular weight excluding hydrogens is 320 g/mol. The second kappa shape index (κ2) is 7.23. The smallest absolute Gasteiger partial charge is 0.216 e. The number of aromatic nitrogens is 3. The van der Waals surface area contributed by atoms with Crippen molar-refractivity contribution in [3.8, 4) is 5.75 Å². The molecule has 0 aliphatic carbocycles. The highest BCUT2D eigenvalue weighted by atomic mass is 32.1. The van der Waals surface area contributed by atoms with Crippen molar-refractivity contribution in [2.24, 2.45) is 5.10 Å². The fraction of sp³-hybridized carbons (Fsp3) is 0.167. The molecule has 0 aliphatic rings. The first-order chi connectivity index (χ1) is 11.6. The Hall–Kier alpha value is -2.73. The molecule has 0 aliphatic heterocycles. The van der Waals surface area contributed by atoms with Crippen molar-refractivity contribution >= 4 is 18.4 Å². The van der Waals surface area contributed by atoms with Gasteiger partial charge < -0.3 is 4.74 Å². The Bertz CT molecular complexity index is 909. The van der Waals surface area contributed by atoms with E-state index < -0.39 is 0 Å². The third-order valence-electron chi connectivity index (χ3n) is 3.56. The molecule has 3 rings (SSSR count). The molecule has 122 valence electrons. The third-order valence-corrected chi connectivity index (χ3v) is 3.82. The molecule has 1 N–H and O–H groups in total. The van der Waals surface area contributed by atoms with Gasteiger partial charge in [-0.2, -0.15) is 14.9 Å². The van der Waals surface area contributed by atoms with Crippen molar-refractivity contribution in [1.29, 1.82) is 0 Å². The van der Waals surface area contributed by atoms with Crippen molar-refractivity contribution in [2.75, 3.05) is 0 Å². The molecule has 0 saturated heterocycles. The predicted molar refractivity (Wildman–Crippen MR) is 97.1 cm³/mol. The fourth-order valence-electron chi connectivity index (χ4n) is 2.19. The topological polar surface area (TPSA) is 55.2 Å². The molecule has 5 nitrogen and oxygen atoms in total. The van der Waals surface area contributed by atoms with E-state index >= 15 is 0 Å². The summed E-state index contributed by atoms with van der Waals surface area (Å²) in [6.45, 7) is 4.41. The van der Waals surface area contributed by atoms with Crippen molar-refractivity contribution in [2.45, 2.75) is 20.5 Å². The predicted octanol–water partition coefficient (Wildman–Crippen LogP) is 4.02. The van der Waals surface area contributed by atoms with Gasteiger partial charge in [-0.05, 0) is 43.8 Å². The molecule has 0 bridgehead atoms. The van der Waals surface area contributed by atoms with E-state index in [0.29, 0.717) is 17.2 Å². The first-order valence-corrected chi connectivity index (χ1v) is 8.00. The molecule has 0 atom stereocenters. The highest BCUT2D eigenvalue weighted by molar-refractivity contribution is 7.71. The average molecular weight is 338 g/mol. The van der Waals surface area contributed by atoms with Gasteiger partial charge in [0.1, 0.15) is 18.2 Å². The summed E-state index contributed by atoms with van der Waals surface area (Å²) in [6, 6.07) is 16.1. The van der Waals surface area contributed by atoms with Gasteiger partial charge in [0, 0.05) is 5.56 Å². The zero-order chi connectivity index (χ0) is 16.9. The Kier molecular flexibility index (Phi) is 4.86. The monoisotopic (exact) mass is 338 g/mol. The summed E-state index contributed by atoms with van der Waals surface area (Å²) in [4.78, 5) is 0. The highest BCUT2D eigenvalue weighted by Gasteiger charge is 2.03. The van der Waals surface area contributed by atoms with E-state index in [1.54, 1.807) is 10.9 Å². The largest absolute Gasteiger partial charge is 0.488 e. The summed E-state index contributed by atoms with van der Waals surface area (Å²) in [5.41, 5.74) is 3.24. The number of para-hydroxylation sites is 1. The second-order valence-corrected chi connectivity index (χ2v) is 5.83. The normalized spacial score (nSPS) is 11.1. The van der Waals surface area contributed by atoms with Gasteiger partial charge in [-0.3, -0.25) is 5.10 Å². The first kappa shape index (κ1) is 16.1. The van der Waals surface area contributed by atoms with Crippen LogP contribution < -0.4 is 4.74 Å². The van der Waals surface area contributed by atoms with Crippen LogP contribution in [0.4, 0.5) is 0 Å². The summed E-state index contributed by atoms with van der Waals surface area (Å²) in [7, 11) is 0. The molecule has 1 aromatic heterocycles. The number of hydrogen-bond donors (Lipinski definition) is 1. The van der Waals surface area contributed by atoms with Crippen LogP contribution in [0.25, 0.3) is 0 Å². The minimum atomic E-state index is 0.460. The number of nitrogens with zero attached hydrogens (tertiary/aromatic N) is 3. The van der Waals surface area contributed by atoms with E-state index in [0.717, 1.165) is 16.9 Å². The van der Waals surface area contributed by atoms with E-state index in [9.17, 15) is 0 Å². The van der Waals surface area contributed by atoms with Crippen molar-refractivity contribution < 1.29 is 4.74 Å². The lowest BCUT2D eigenvalue weighted by molar-refractivity contribution is 0.306. The quantitative estimate of drug-likeness (QED) is 0.565. The van der Waals surface area contributed by atoms with Gasteiger partial charge in [-0.15, -0.1) is 0 Å². The number of H-pyrrole nitrogens is 1. The van der Waals surface area contributed by atoms with Crippen LogP contribution in [0, 0.1) is 18.6 Å². The summed E-state index contributed by atoms with van der Waals surface area (Å²) in [6.07, 6.45) is 1.72. The zero-order valence-corrected chi connectivity index (χ0v) is 14.4. The summed E-state index contributed by atoms with van der Waals surface area (Å²) >= 11 is 5.15. The van der Waals surface area contributed by atoms with E-state index in [1.165, 1.54) is 5.56 Å². The van der Waals surface area contributed by atoms with E-state index in [-0.39, 0.29) is 0 Å². The molecule has 3 aromatic rings. The van der Waals surface area contributed by atoms with Crippen LogP contribution in [-0.2, 0) is 6.61 Å². The SMILES string of the molecule is Cc1ccc(COc2ccccc2/C=N\n2c(C)n[nH]c2=S)cc1. The number of benzene rings is 2. The standard InChI is InChI=1S/C18H18N4OS/c1-13-7-9-15(10-8-13)12-23-17-6-4-3-5-16(17)11-19-22-14(2)20-21-18(22)24/h3-11H,12H2,1-2H3,(H,21,24)/b19-11-. The van der Waals surface area contributed by atoms with E-state index in [4.69, 9.17) is 17.0 Å². The lowest BCUT2D eigenvalue weighted by Gasteiger charge is -2.09. The molecular formula is C18H18N4OS. The summed E-state index contributed by atoms with van der Waals surface area (Å²) < 4.78 is 7.98. The number of nitrogens with one attached hydrogen (secondary N) is 1. The molecule has 1 heterocycles. The number of aromatic amines is 1. The van der Waals surface area contributed by atoms with Crippen LogP contribution in [0.1, 0.15) is 22.5 Å². The summed E-state index contributed by atoms with van der Waals surface area (Å²) in [5, 5.41) is 11.1. The van der Waals surface area contributed by atoms with Crippen LogP contribution in [0.3, 0.4) is 0 Å². The zero-order valence-electron chi connectivity index (χ0n) is 13.6. The van der Waals surface area contributed by atoms with Crippen LogP contribution in [0.5, 0.6) is 5.75 Å². The number of ether oxygens (including phenoxy) is 1.